The van der Waals surface area contributed by atoms with Crippen LogP contribution in [0.1, 0.15) is 44.5 Å². The van der Waals surface area contributed by atoms with Gasteiger partial charge in [0, 0.05) is 30.6 Å². The average Bonchev–Trinajstić information content (AvgIpc) is 2.32. The average molecular weight is 283 g/mol. The lowest BCUT2D eigenvalue weighted by atomic mass is 9.87. The van der Waals surface area contributed by atoms with Crippen molar-refractivity contribution >= 4 is 5.78 Å². The molecule has 0 fully saturated rings. The third-order valence-electron chi connectivity index (χ3n) is 3.79. The third-order valence-corrected chi connectivity index (χ3v) is 3.79. The molecule has 0 N–H and O–H groups in total. The van der Waals surface area contributed by atoms with E-state index in [0.717, 1.165) is 18.2 Å². The lowest BCUT2D eigenvalue weighted by Crippen LogP contribution is -2.40. The van der Waals surface area contributed by atoms with Gasteiger partial charge in [-0.2, -0.15) is 0 Å². The Labute approximate surface area is 119 Å². The molecule has 1 aromatic carbocycles. The van der Waals surface area contributed by atoms with Crippen molar-refractivity contribution in [2.45, 2.75) is 40.2 Å². The monoisotopic (exact) mass is 283 g/mol. The SMILES string of the molecule is CC(N(C)CCC(=O)c1cc(F)cc(F)c1)C(C)(C)C. The summed E-state index contributed by atoms with van der Waals surface area (Å²) >= 11 is 0. The highest BCUT2D eigenvalue weighted by Crippen LogP contribution is 2.23. The van der Waals surface area contributed by atoms with E-state index < -0.39 is 11.6 Å². The van der Waals surface area contributed by atoms with E-state index in [1.165, 1.54) is 0 Å². The fourth-order valence-electron chi connectivity index (χ4n) is 1.99. The molecule has 1 rings (SSSR count). The predicted octanol–water partition coefficient (Wildman–Crippen LogP) is 3.90. The fourth-order valence-corrected chi connectivity index (χ4v) is 1.99. The molecule has 1 aromatic rings. The molecule has 0 aliphatic heterocycles. The highest BCUT2D eigenvalue weighted by Gasteiger charge is 2.24. The molecule has 0 saturated carbocycles. The molecule has 112 valence electrons. The van der Waals surface area contributed by atoms with Crippen molar-refractivity contribution in [3.63, 3.8) is 0 Å². The summed E-state index contributed by atoms with van der Waals surface area (Å²) in [6.45, 7) is 9.08. The lowest BCUT2D eigenvalue weighted by Gasteiger charge is -2.35. The van der Waals surface area contributed by atoms with Crippen LogP contribution in [-0.4, -0.2) is 30.3 Å². The van der Waals surface area contributed by atoms with Gasteiger partial charge in [0.05, 0.1) is 0 Å². The second kappa shape index (κ2) is 6.44. The van der Waals surface area contributed by atoms with Crippen LogP contribution in [0.2, 0.25) is 0 Å². The predicted molar refractivity (Wildman–Crippen MR) is 76.9 cm³/mol. The van der Waals surface area contributed by atoms with Crippen molar-refractivity contribution in [2.75, 3.05) is 13.6 Å². The normalized spacial score (nSPS) is 13.6. The Bertz CT molecular complexity index is 460. The van der Waals surface area contributed by atoms with Gasteiger partial charge in [-0.05, 0) is 31.5 Å². The van der Waals surface area contributed by atoms with Gasteiger partial charge >= 0.3 is 0 Å². The first-order valence-corrected chi connectivity index (χ1v) is 6.81. The molecule has 1 unspecified atom stereocenters. The number of Topliss-reactive ketones (excluding diaryl/α,β-unsaturated/α-hetero) is 1. The van der Waals surface area contributed by atoms with Crippen LogP contribution in [0, 0.1) is 17.0 Å². The van der Waals surface area contributed by atoms with Gasteiger partial charge in [-0.3, -0.25) is 4.79 Å². The molecular weight excluding hydrogens is 260 g/mol. The van der Waals surface area contributed by atoms with Gasteiger partial charge < -0.3 is 4.90 Å². The molecule has 0 heterocycles. The summed E-state index contributed by atoms with van der Waals surface area (Å²) in [5, 5.41) is 0. The maximum atomic E-state index is 13.1. The van der Waals surface area contributed by atoms with Crippen LogP contribution in [0.25, 0.3) is 0 Å². The Morgan fingerprint density at radius 1 is 1.20 bits per heavy atom. The van der Waals surface area contributed by atoms with Gasteiger partial charge in [0.2, 0.25) is 0 Å². The van der Waals surface area contributed by atoms with Crippen molar-refractivity contribution in [2.24, 2.45) is 5.41 Å². The first-order chi connectivity index (χ1) is 9.11. The first-order valence-electron chi connectivity index (χ1n) is 6.81. The number of carbonyl (C=O) groups is 1. The standard InChI is InChI=1S/C16H23F2NO/c1-11(16(2,3)4)19(5)7-6-15(20)12-8-13(17)10-14(18)9-12/h8-11H,6-7H2,1-5H3. The molecule has 0 spiro atoms. The van der Waals surface area contributed by atoms with Crippen LogP contribution < -0.4 is 0 Å². The maximum Gasteiger partial charge on any atom is 0.164 e. The lowest BCUT2D eigenvalue weighted by molar-refractivity contribution is 0.0927. The van der Waals surface area contributed by atoms with Crippen LogP contribution in [0.15, 0.2) is 18.2 Å². The first kappa shape index (κ1) is 16.8. The van der Waals surface area contributed by atoms with Crippen LogP contribution >= 0.6 is 0 Å². The summed E-state index contributed by atoms with van der Waals surface area (Å²) in [6, 6.07) is 3.24. The zero-order valence-corrected chi connectivity index (χ0v) is 12.8. The minimum absolute atomic E-state index is 0.0966. The molecule has 0 aliphatic rings. The number of nitrogens with zero attached hydrogens (tertiary/aromatic N) is 1. The van der Waals surface area contributed by atoms with E-state index in [9.17, 15) is 13.6 Å². The number of halogens is 2. The molecule has 20 heavy (non-hydrogen) atoms. The van der Waals surface area contributed by atoms with E-state index in [1.54, 1.807) is 0 Å². The van der Waals surface area contributed by atoms with Gasteiger partial charge in [0.1, 0.15) is 11.6 Å². The highest BCUT2D eigenvalue weighted by molar-refractivity contribution is 5.96. The Kier molecular flexibility index (Phi) is 5.40. The summed E-state index contributed by atoms with van der Waals surface area (Å²) in [5.41, 5.74) is 0.210. The summed E-state index contributed by atoms with van der Waals surface area (Å²) in [4.78, 5) is 14.1. The van der Waals surface area contributed by atoms with E-state index in [4.69, 9.17) is 0 Å². The molecule has 4 heteroatoms. The zero-order chi connectivity index (χ0) is 15.5. The molecule has 1 atom stereocenters. The van der Waals surface area contributed by atoms with E-state index in [0.29, 0.717) is 12.6 Å². The molecule has 0 aliphatic carbocycles. The molecule has 0 aromatic heterocycles. The summed E-state index contributed by atoms with van der Waals surface area (Å²) in [7, 11) is 1.95. The quantitative estimate of drug-likeness (QED) is 0.764. The van der Waals surface area contributed by atoms with Gasteiger partial charge in [-0.15, -0.1) is 0 Å². The van der Waals surface area contributed by atoms with E-state index in [2.05, 4.69) is 32.6 Å². The number of ketones is 1. The summed E-state index contributed by atoms with van der Waals surface area (Å²) in [5.74, 6) is -1.68. The number of rotatable bonds is 5. The Balaban J connectivity index is 2.63. The number of hydrogen-bond donors (Lipinski definition) is 0. The fraction of sp³-hybridized carbons (Fsp3) is 0.562. The second-order valence-electron chi connectivity index (χ2n) is 6.35. The van der Waals surface area contributed by atoms with Gasteiger partial charge in [0.15, 0.2) is 5.78 Å². The van der Waals surface area contributed by atoms with Crippen LogP contribution in [-0.2, 0) is 0 Å². The van der Waals surface area contributed by atoms with E-state index in [-0.39, 0.29) is 23.2 Å². The molecule has 0 bridgehead atoms. The topological polar surface area (TPSA) is 20.3 Å². The minimum Gasteiger partial charge on any atom is -0.303 e. The Hall–Kier alpha value is -1.29. The minimum atomic E-state index is -0.718. The summed E-state index contributed by atoms with van der Waals surface area (Å²) in [6.07, 6.45) is 0.250. The molecule has 0 saturated heterocycles. The molecule has 0 amide bonds. The van der Waals surface area contributed by atoms with Crippen LogP contribution in [0.3, 0.4) is 0 Å². The maximum absolute atomic E-state index is 13.1. The van der Waals surface area contributed by atoms with Gasteiger partial charge in [-0.1, -0.05) is 20.8 Å². The Morgan fingerprint density at radius 3 is 2.15 bits per heavy atom. The number of carbonyl (C=O) groups excluding carboxylic acids is 1. The van der Waals surface area contributed by atoms with Gasteiger partial charge in [-0.25, -0.2) is 8.78 Å². The largest absolute Gasteiger partial charge is 0.303 e. The molecule has 0 radical (unpaired) electrons. The van der Waals surface area contributed by atoms with Crippen molar-refractivity contribution in [3.05, 3.63) is 35.4 Å². The smallest absolute Gasteiger partial charge is 0.164 e. The summed E-state index contributed by atoms with van der Waals surface area (Å²) < 4.78 is 26.1. The number of hydrogen-bond acceptors (Lipinski definition) is 2. The third kappa shape index (κ3) is 4.67. The van der Waals surface area contributed by atoms with Crippen molar-refractivity contribution in [3.8, 4) is 0 Å². The van der Waals surface area contributed by atoms with E-state index in [1.807, 2.05) is 7.05 Å². The highest BCUT2D eigenvalue weighted by atomic mass is 19.1. The van der Waals surface area contributed by atoms with Crippen molar-refractivity contribution in [1.29, 1.82) is 0 Å². The van der Waals surface area contributed by atoms with Crippen molar-refractivity contribution < 1.29 is 13.6 Å². The Morgan fingerprint density at radius 2 is 1.70 bits per heavy atom. The zero-order valence-electron chi connectivity index (χ0n) is 12.8. The van der Waals surface area contributed by atoms with Crippen LogP contribution in [0.4, 0.5) is 8.78 Å². The second-order valence-corrected chi connectivity index (χ2v) is 6.35. The molecular formula is C16H23F2NO. The number of benzene rings is 1. The molecule has 2 nitrogen and oxygen atoms in total. The van der Waals surface area contributed by atoms with E-state index >= 15 is 0 Å². The van der Waals surface area contributed by atoms with Crippen molar-refractivity contribution in [1.82, 2.24) is 4.90 Å². The van der Waals surface area contributed by atoms with Gasteiger partial charge in [0.25, 0.3) is 0 Å². The van der Waals surface area contributed by atoms with Crippen LogP contribution in [0.5, 0.6) is 0 Å².